The van der Waals surface area contributed by atoms with Crippen LogP contribution in [0.25, 0.3) is 0 Å². The standard InChI is InChI=1S/C11H15NO2S/c1-11(2)8(9(11)12)7-4-6(5-15-7)10(13)14-3/h4-5,8-9H,12H2,1-3H3. The van der Waals surface area contributed by atoms with Gasteiger partial charge in [-0.05, 0) is 11.5 Å². The number of nitrogens with two attached hydrogens (primary N) is 1. The van der Waals surface area contributed by atoms with Crippen LogP contribution >= 0.6 is 11.3 Å². The molecule has 1 aliphatic carbocycles. The maximum absolute atomic E-state index is 11.3. The first-order valence-electron chi connectivity index (χ1n) is 4.91. The van der Waals surface area contributed by atoms with Crippen molar-refractivity contribution < 1.29 is 9.53 Å². The molecule has 0 saturated heterocycles. The van der Waals surface area contributed by atoms with Gasteiger partial charge in [-0.3, -0.25) is 0 Å². The van der Waals surface area contributed by atoms with Crippen LogP contribution in [0.2, 0.25) is 0 Å². The molecule has 1 aromatic heterocycles. The predicted octanol–water partition coefficient (Wildman–Crippen LogP) is 1.99. The first-order chi connectivity index (χ1) is 6.98. The van der Waals surface area contributed by atoms with E-state index in [1.807, 2.05) is 11.4 Å². The Morgan fingerprint density at radius 2 is 2.20 bits per heavy atom. The van der Waals surface area contributed by atoms with E-state index in [1.165, 1.54) is 12.0 Å². The summed E-state index contributed by atoms with van der Waals surface area (Å²) in [6.07, 6.45) is 0. The van der Waals surface area contributed by atoms with Crippen LogP contribution in [-0.4, -0.2) is 19.1 Å². The lowest BCUT2D eigenvalue weighted by Crippen LogP contribution is -2.06. The molecule has 0 bridgehead atoms. The SMILES string of the molecule is COC(=O)c1csc(C2C(N)C2(C)C)c1. The summed E-state index contributed by atoms with van der Waals surface area (Å²) in [7, 11) is 1.40. The summed E-state index contributed by atoms with van der Waals surface area (Å²) in [5, 5.41) is 1.84. The van der Waals surface area contributed by atoms with E-state index >= 15 is 0 Å². The molecular formula is C11H15NO2S. The second-order valence-corrected chi connectivity index (χ2v) is 5.50. The van der Waals surface area contributed by atoms with Gasteiger partial charge in [0.1, 0.15) is 0 Å². The van der Waals surface area contributed by atoms with Gasteiger partial charge in [-0.2, -0.15) is 0 Å². The van der Waals surface area contributed by atoms with Crippen molar-refractivity contribution in [1.29, 1.82) is 0 Å². The van der Waals surface area contributed by atoms with Crippen molar-refractivity contribution >= 4 is 17.3 Å². The molecule has 2 atom stereocenters. The number of carbonyl (C=O) groups excluding carboxylic acids is 1. The van der Waals surface area contributed by atoms with Gasteiger partial charge in [0.2, 0.25) is 0 Å². The van der Waals surface area contributed by atoms with Crippen molar-refractivity contribution in [1.82, 2.24) is 0 Å². The van der Waals surface area contributed by atoms with Crippen molar-refractivity contribution in [2.45, 2.75) is 25.8 Å². The van der Waals surface area contributed by atoms with Crippen molar-refractivity contribution in [3.63, 3.8) is 0 Å². The molecule has 0 aliphatic heterocycles. The minimum Gasteiger partial charge on any atom is -0.465 e. The fourth-order valence-corrected chi connectivity index (χ4v) is 3.18. The number of thiophene rings is 1. The minimum atomic E-state index is -0.274. The zero-order valence-corrected chi connectivity index (χ0v) is 9.93. The molecule has 1 heterocycles. The highest BCUT2D eigenvalue weighted by molar-refractivity contribution is 7.10. The number of esters is 1. The lowest BCUT2D eigenvalue weighted by atomic mass is 10.1. The maximum atomic E-state index is 11.3. The molecular weight excluding hydrogens is 210 g/mol. The van der Waals surface area contributed by atoms with Gasteiger partial charge in [0, 0.05) is 22.2 Å². The largest absolute Gasteiger partial charge is 0.465 e. The van der Waals surface area contributed by atoms with Crippen LogP contribution in [0.4, 0.5) is 0 Å². The topological polar surface area (TPSA) is 52.3 Å². The van der Waals surface area contributed by atoms with E-state index in [0.717, 1.165) is 0 Å². The van der Waals surface area contributed by atoms with Gasteiger partial charge in [-0.25, -0.2) is 4.79 Å². The molecule has 3 nitrogen and oxygen atoms in total. The number of hydrogen-bond acceptors (Lipinski definition) is 4. The number of hydrogen-bond donors (Lipinski definition) is 1. The molecule has 15 heavy (non-hydrogen) atoms. The molecule has 82 valence electrons. The Morgan fingerprint density at radius 3 is 2.67 bits per heavy atom. The van der Waals surface area contributed by atoms with Crippen LogP contribution in [0.1, 0.15) is 35.0 Å². The zero-order valence-electron chi connectivity index (χ0n) is 9.11. The molecule has 0 aromatic carbocycles. The molecule has 1 fully saturated rings. The highest BCUT2D eigenvalue weighted by Gasteiger charge is 2.56. The minimum absolute atomic E-state index is 0.165. The number of rotatable bonds is 2. The van der Waals surface area contributed by atoms with Gasteiger partial charge in [0.15, 0.2) is 0 Å². The number of ether oxygens (including phenoxy) is 1. The van der Waals surface area contributed by atoms with Gasteiger partial charge >= 0.3 is 5.97 Å². The fraction of sp³-hybridized carbons (Fsp3) is 0.545. The Bertz CT molecular complexity index is 397. The fourth-order valence-electron chi connectivity index (χ4n) is 1.96. The third-order valence-corrected chi connectivity index (χ3v) is 4.27. The van der Waals surface area contributed by atoms with Crippen molar-refractivity contribution in [3.8, 4) is 0 Å². The molecule has 1 aromatic rings. The van der Waals surface area contributed by atoms with Crippen molar-refractivity contribution in [2.75, 3.05) is 7.11 Å². The Hall–Kier alpha value is -0.870. The Kier molecular flexibility index (Phi) is 2.35. The molecule has 2 unspecified atom stereocenters. The lowest BCUT2D eigenvalue weighted by Gasteiger charge is -1.98. The highest BCUT2D eigenvalue weighted by Crippen LogP contribution is 2.58. The molecule has 4 heteroatoms. The van der Waals surface area contributed by atoms with E-state index in [9.17, 15) is 4.79 Å². The number of methoxy groups -OCH3 is 1. The molecule has 2 N–H and O–H groups in total. The molecule has 0 spiro atoms. The van der Waals surface area contributed by atoms with Gasteiger partial charge in [0.25, 0.3) is 0 Å². The van der Waals surface area contributed by atoms with Gasteiger partial charge in [-0.1, -0.05) is 13.8 Å². The summed E-state index contributed by atoms with van der Waals surface area (Å²) in [6.45, 7) is 4.31. The molecule has 0 amide bonds. The van der Waals surface area contributed by atoms with Crippen molar-refractivity contribution in [2.24, 2.45) is 11.1 Å². The van der Waals surface area contributed by atoms with Crippen LogP contribution in [0.15, 0.2) is 11.4 Å². The van der Waals surface area contributed by atoms with Gasteiger partial charge in [0.05, 0.1) is 12.7 Å². The summed E-state index contributed by atoms with van der Waals surface area (Å²) >= 11 is 1.59. The van der Waals surface area contributed by atoms with E-state index < -0.39 is 0 Å². The molecule has 1 saturated carbocycles. The van der Waals surface area contributed by atoms with Crippen LogP contribution in [0.5, 0.6) is 0 Å². The smallest absolute Gasteiger partial charge is 0.338 e. The summed E-state index contributed by atoms with van der Waals surface area (Å²) in [5.74, 6) is 0.116. The van der Waals surface area contributed by atoms with E-state index in [1.54, 1.807) is 11.3 Å². The van der Waals surface area contributed by atoms with E-state index in [0.29, 0.717) is 11.5 Å². The quantitative estimate of drug-likeness (QED) is 0.783. The maximum Gasteiger partial charge on any atom is 0.338 e. The van der Waals surface area contributed by atoms with Crippen LogP contribution in [-0.2, 0) is 4.74 Å². The van der Waals surface area contributed by atoms with Crippen LogP contribution in [0, 0.1) is 5.41 Å². The average molecular weight is 225 g/mol. The third-order valence-electron chi connectivity index (χ3n) is 3.26. The molecule has 0 radical (unpaired) electrons. The van der Waals surface area contributed by atoms with Gasteiger partial charge < -0.3 is 10.5 Å². The van der Waals surface area contributed by atoms with Crippen molar-refractivity contribution in [3.05, 3.63) is 21.9 Å². The normalized spacial score (nSPS) is 27.5. The van der Waals surface area contributed by atoms with E-state index in [-0.39, 0.29) is 17.4 Å². The third kappa shape index (κ3) is 1.58. The summed E-state index contributed by atoms with van der Waals surface area (Å²) in [6, 6.07) is 2.11. The Labute approximate surface area is 93.2 Å². The Morgan fingerprint density at radius 1 is 1.60 bits per heavy atom. The first kappa shape index (κ1) is 10.6. The molecule has 1 aliphatic rings. The van der Waals surface area contributed by atoms with E-state index in [4.69, 9.17) is 5.73 Å². The highest BCUT2D eigenvalue weighted by atomic mass is 32.1. The average Bonchev–Trinajstić information content (AvgIpc) is 2.58. The summed E-state index contributed by atoms with van der Waals surface area (Å²) < 4.78 is 4.67. The number of carbonyl (C=O) groups is 1. The summed E-state index contributed by atoms with van der Waals surface area (Å²) in [4.78, 5) is 12.5. The zero-order chi connectivity index (χ0) is 11.2. The Balaban J connectivity index is 2.19. The van der Waals surface area contributed by atoms with Gasteiger partial charge in [-0.15, -0.1) is 11.3 Å². The second kappa shape index (κ2) is 3.32. The van der Waals surface area contributed by atoms with Crippen LogP contribution in [0.3, 0.4) is 0 Å². The van der Waals surface area contributed by atoms with Crippen LogP contribution < -0.4 is 5.73 Å². The predicted molar refractivity (Wildman–Crippen MR) is 60.2 cm³/mol. The summed E-state index contributed by atoms with van der Waals surface area (Å²) in [5.41, 5.74) is 6.78. The monoisotopic (exact) mass is 225 g/mol. The van der Waals surface area contributed by atoms with E-state index in [2.05, 4.69) is 18.6 Å². The first-order valence-corrected chi connectivity index (χ1v) is 5.78. The lowest BCUT2D eigenvalue weighted by molar-refractivity contribution is 0.0601. The second-order valence-electron chi connectivity index (χ2n) is 4.55. The molecule has 2 rings (SSSR count).